The highest BCUT2D eigenvalue weighted by atomic mass is 35.5. The molecule has 0 N–H and O–H groups in total. The van der Waals surface area contributed by atoms with Gasteiger partial charge in [0.15, 0.2) is 10.2 Å². The van der Waals surface area contributed by atoms with Gasteiger partial charge in [0.2, 0.25) is 11.8 Å². The molecule has 0 amide bonds. The van der Waals surface area contributed by atoms with Crippen LogP contribution in [0.2, 0.25) is 5.02 Å². The molecular formula is C15H13ClN2O4S. The molecule has 1 aromatic heterocycles. The minimum Gasteiger partial charge on any atom is -0.480 e. The molecule has 0 saturated carbocycles. The topological polar surface area (TPSA) is 70.5 Å². The van der Waals surface area contributed by atoms with Gasteiger partial charge in [0.25, 0.3) is 0 Å². The fourth-order valence-electron chi connectivity index (χ4n) is 2.28. The Hall–Kier alpha value is -1.99. The second kappa shape index (κ2) is 6.25. The molecule has 120 valence electrons. The average molecular weight is 353 g/mol. The molecule has 3 rings (SSSR count). The van der Waals surface area contributed by atoms with Gasteiger partial charge in [0, 0.05) is 10.5 Å². The summed E-state index contributed by atoms with van der Waals surface area (Å²) in [6.07, 6.45) is -0.256. The molecule has 0 saturated heterocycles. The van der Waals surface area contributed by atoms with Crippen LogP contribution in [0.3, 0.4) is 0 Å². The molecule has 0 bridgehead atoms. The van der Waals surface area contributed by atoms with Crippen LogP contribution in [-0.2, 0) is 4.74 Å². The summed E-state index contributed by atoms with van der Waals surface area (Å²) in [4.78, 5) is 21.2. The first-order valence-corrected chi connectivity index (χ1v) is 7.91. The predicted octanol–water partition coefficient (Wildman–Crippen LogP) is 3.53. The fourth-order valence-corrected chi connectivity index (χ4v) is 3.42. The van der Waals surface area contributed by atoms with E-state index in [0.717, 1.165) is 5.56 Å². The zero-order chi connectivity index (χ0) is 16.6. The lowest BCUT2D eigenvalue weighted by atomic mass is 10.1. The molecule has 0 radical (unpaired) electrons. The highest BCUT2D eigenvalue weighted by Gasteiger charge is 2.31. The van der Waals surface area contributed by atoms with E-state index in [-0.39, 0.29) is 28.9 Å². The van der Waals surface area contributed by atoms with Crippen LogP contribution in [0.5, 0.6) is 11.8 Å². The number of nitrogens with zero attached hydrogens (tertiary/aromatic N) is 2. The second-order valence-corrected chi connectivity index (χ2v) is 6.10. The quantitative estimate of drug-likeness (QED) is 0.615. The summed E-state index contributed by atoms with van der Waals surface area (Å²) in [7, 11) is 2.92. The van der Waals surface area contributed by atoms with Crippen LogP contribution in [0.25, 0.3) is 0 Å². The first-order chi connectivity index (χ1) is 11.0. The van der Waals surface area contributed by atoms with E-state index >= 15 is 0 Å². The van der Waals surface area contributed by atoms with Crippen LogP contribution in [0.4, 0.5) is 0 Å². The number of ether oxygens (including phenoxy) is 3. The second-order valence-electron chi connectivity index (χ2n) is 4.71. The van der Waals surface area contributed by atoms with Crippen LogP contribution in [-0.4, -0.2) is 30.2 Å². The smallest absolute Gasteiger partial charge is 0.340 e. The van der Waals surface area contributed by atoms with Crippen molar-refractivity contribution in [3.05, 3.63) is 34.3 Å². The van der Waals surface area contributed by atoms with Crippen molar-refractivity contribution < 1.29 is 19.0 Å². The van der Waals surface area contributed by atoms with E-state index in [1.807, 2.05) is 25.1 Å². The standard InChI is InChI=1S/C15H13ClN2O4S/c1-7-8-5-4-6-9(10(8)14(19)22-7)23-15-17-12(20-2)11(16)13(18-15)21-3/h4-7H,1-3H3. The van der Waals surface area contributed by atoms with E-state index in [1.165, 1.54) is 26.0 Å². The van der Waals surface area contributed by atoms with Crippen LogP contribution < -0.4 is 9.47 Å². The van der Waals surface area contributed by atoms with Crippen molar-refractivity contribution in [2.45, 2.75) is 23.1 Å². The molecule has 8 heteroatoms. The van der Waals surface area contributed by atoms with E-state index < -0.39 is 0 Å². The number of carbonyl (C=O) groups excluding carboxylic acids is 1. The monoisotopic (exact) mass is 352 g/mol. The van der Waals surface area contributed by atoms with E-state index in [9.17, 15) is 4.79 Å². The summed E-state index contributed by atoms with van der Waals surface area (Å²) >= 11 is 7.29. The Labute approximate surface area is 142 Å². The molecule has 23 heavy (non-hydrogen) atoms. The van der Waals surface area contributed by atoms with Crippen molar-refractivity contribution in [3.8, 4) is 11.8 Å². The number of aromatic nitrogens is 2. The number of carbonyl (C=O) groups is 1. The van der Waals surface area contributed by atoms with Crippen LogP contribution in [0.1, 0.15) is 28.9 Å². The molecule has 1 aliphatic heterocycles. The number of hydrogen-bond acceptors (Lipinski definition) is 7. The minimum absolute atomic E-state index is 0.200. The number of cyclic esters (lactones) is 1. The lowest BCUT2D eigenvalue weighted by molar-refractivity contribution is 0.0419. The number of fused-ring (bicyclic) bond motifs is 1. The third-order valence-corrected chi connectivity index (χ3v) is 4.59. The molecular weight excluding hydrogens is 340 g/mol. The number of hydrogen-bond donors (Lipinski definition) is 0. The van der Waals surface area contributed by atoms with Crippen LogP contribution in [0, 0.1) is 0 Å². The summed E-state index contributed by atoms with van der Waals surface area (Å²) in [5, 5.41) is 0.564. The van der Waals surface area contributed by atoms with Crippen molar-refractivity contribution in [1.82, 2.24) is 9.97 Å². The summed E-state index contributed by atoms with van der Waals surface area (Å²) < 4.78 is 15.5. The Morgan fingerprint density at radius 3 is 2.48 bits per heavy atom. The number of benzene rings is 1. The number of halogens is 1. The SMILES string of the molecule is COc1nc(Sc2cccc3c2C(=O)OC3C)nc(OC)c1Cl. The Balaban J connectivity index is 2.03. The van der Waals surface area contributed by atoms with Gasteiger partial charge in [-0.15, -0.1) is 0 Å². The zero-order valence-electron chi connectivity index (χ0n) is 12.6. The highest BCUT2D eigenvalue weighted by molar-refractivity contribution is 7.99. The van der Waals surface area contributed by atoms with E-state index in [4.69, 9.17) is 25.8 Å². The lowest BCUT2D eigenvalue weighted by Gasteiger charge is -2.09. The molecule has 1 aliphatic rings. The molecule has 2 heterocycles. The molecule has 1 atom stereocenters. The third-order valence-electron chi connectivity index (χ3n) is 3.34. The van der Waals surface area contributed by atoms with Crippen molar-refractivity contribution in [3.63, 3.8) is 0 Å². The maximum absolute atomic E-state index is 12.0. The van der Waals surface area contributed by atoms with Crippen molar-refractivity contribution in [2.24, 2.45) is 0 Å². The van der Waals surface area contributed by atoms with Gasteiger partial charge in [-0.25, -0.2) is 4.79 Å². The predicted molar refractivity (Wildman–Crippen MR) is 84.5 cm³/mol. The van der Waals surface area contributed by atoms with Gasteiger partial charge in [0.05, 0.1) is 19.8 Å². The van der Waals surface area contributed by atoms with Crippen LogP contribution in [0.15, 0.2) is 28.3 Å². The van der Waals surface area contributed by atoms with Gasteiger partial charge < -0.3 is 14.2 Å². The molecule has 1 aromatic carbocycles. The van der Waals surface area contributed by atoms with Gasteiger partial charge in [-0.1, -0.05) is 23.7 Å². The normalized spacial score (nSPS) is 16.0. The number of rotatable bonds is 4. The first-order valence-electron chi connectivity index (χ1n) is 6.72. The Kier molecular flexibility index (Phi) is 4.32. The molecule has 6 nitrogen and oxygen atoms in total. The van der Waals surface area contributed by atoms with Gasteiger partial charge >= 0.3 is 5.97 Å². The van der Waals surface area contributed by atoms with E-state index in [2.05, 4.69) is 9.97 Å². The fraction of sp³-hybridized carbons (Fsp3) is 0.267. The largest absolute Gasteiger partial charge is 0.480 e. The highest BCUT2D eigenvalue weighted by Crippen LogP contribution is 2.40. The van der Waals surface area contributed by atoms with Crippen molar-refractivity contribution >= 4 is 29.3 Å². The van der Waals surface area contributed by atoms with Crippen LogP contribution >= 0.6 is 23.4 Å². The minimum atomic E-state index is -0.344. The van der Waals surface area contributed by atoms with Gasteiger partial charge in [-0.05, 0) is 24.8 Å². The van der Waals surface area contributed by atoms with Crippen molar-refractivity contribution in [1.29, 1.82) is 0 Å². The Morgan fingerprint density at radius 2 is 1.87 bits per heavy atom. The third kappa shape index (κ3) is 2.82. The molecule has 0 fully saturated rings. The number of methoxy groups -OCH3 is 2. The van der Waals surface area contributed by atoms with Gasteiger partial charge in [-0.2, -0.15) is 9.97 Å². The average Bonchev–Trinajstić information content (AvgIpc) is 2.84. The summed E-state index contributed by atoms with van der Waals surface area (Å²) in [5.74, 6) is 0.0811. The Bertz CT molecular complexity index is 759. The van der Waals surface area contributed by atoms with Gasteiger partial charge in [-0.3, -0.25) is 0 Å². The molecule has 2 aromatic rings. The molecule has 0 aliphatic carbocycles. The maximum atomic E-state index is 12.0. The Morgan fingerprint density at radius 1 is 1.22 bits per heavy atom. The van der Waals surface area contributed by atoms with E-state index in [1.54, 1.807) is 0 Å². The maximum Gasteiger partial charge on any atom is 0.340 e. The molecule has 1 unspecified atom stereocenters. The zero-order valence-corrected chi connectivity index (χ0v) is 14.2. The molecule has 0 spiro atoms. The lowest BCUT2D eigenvalue weighted by Crippen LogP contribution is -2.00. The summed E-state index contributed by atoms with van der Waals surface area (Å²) in [6.45, 7) is 1.84. The van der Waals surface area contributed by atoms with E-state index in [0.29, 0.717) is 15.6 Å². The van der Waals surface area contributed by atoms with Gasteiger partial charge in [0.1, 0.15) is 6.10 Å². The summed E-state index contributed by atoms with van der Waals surface area (Å²) in [5.41, 5.74) is 1.40. The first kappa shape index (κ1) is 15.9. The number of esters is 1. The summed E-state index contributed by atoms with van der Waals surface area (Å²) in [6, 6.07) is 5.56. The van der Waals surface area contributed by atoms with Crippen molar-refractivity contribution in [2.75, 3.05) is 14.2 Å².